The molecule has 0 saturated carbocycles. The predicted molar refractivity (Wildman–Crippen MR) is 70.3 cm³/mol. The van der Waals surface area contributed by atoms with E-state index in [-0.39, 0.29) is 0 Å². The van der Waals surface area contributed by atoms with Crippen molar-refractivity contribution in [3.63, 3.8) is 0 Å². The summed E-state index contributed by atoms with van der Waals surface area (Å²) in [5.41, 5.74) is 0. The number of rotatable bonds is 11. The van der Waals surface area contributed by atoms with Gasteiger partial charge in [-0.25, -0.2) is 0 Å². The Labute approximate surface area is 108 Å². The first-order chi connectivity index (χ1) is 7.72. The van der Waals surface area contributed by atoms with Gasteiger partial charge in [-0.3, -0.25) is 0 Å². The highest BCUT2D eigenvalue weighted by Gasteiger charge is 2.11. The first kappa shape index (κ1) is 16.4. The largest absolute Gasteiger partial charge is 0.382 e. The standard InChI is InChI=1S/C12H25BrO3/c1-4-12(11(2)13)5-6-15-9-10-16-8-7-14-3/h11-12H,4-10H2,1-3H3. The zero-order valence-electron chi connectivity index (χ0n) is 10.7. The van der Waals surface area contributed by atoms with Gasteiger partial charge in [-0.15, -0.1) is 0 Å². The highest BCUT2D eigenvalue weighted by Crippen LogP contribution is 2.19. The third-order valence-corrected chi connectivity index (χ3v) is 3.36. The number of methoxy groups -OCH3 is 1. The van der Waals surface area contributed by atoms with Crippen LogP contribution in [0.25, 0.3) is 0 Å². The maximum Gasteiger partial charge on any atom is 0.0701 e. The van der Waals surface area contributed by atoms with Gasteiger partial charge in [0.05, 0.1) is 26.4 Å². The second-order valence-electron chi connectivity index (χ2n) is 3.85. The topological polar surface area (TPSA) is 27.7 Å². The van der Waals surface area contributed by atoms with Crippen molar-refractivity contribution in [3.8, 4) is 0 Å². The molecule has 0 aromatic heterocycles. The maximum atomic E-state index is 5.51. The molecule has 0 fully saturated rings. The molecule has 0 rings (SSSR count). The molecule has 4 heteroatoms. The summed E-state index contributed by atoms with van der Waals surface area (Å²) in [6, 6.07) is 0. The molecule has 0 aliphatic carbocycles. The SMILES string of the molecule is CCC(CCOCCOCCOC)C(C)Br. The van der Waals surface area contributed by atoms with Crippen LogP contribution in [0.3, 0.4) is 0 Å². The Morgan fingerprint density at radius 2 is 1.56 bits per heavy atom. The van der Waals surface area contributed by atoms with Crippen molar-refractivity contribution in [3.05, 3.63) is 0 Å². The Morgan fingerprint density at radius 1 is 1.00 bits per heavy atom. The van der Waals surface area contributed by atoms with E-state index >= 15 is 0 Å². The zero-order valence-corrected chi connectivity index (χ0v) is 12.3. The molecular formula is C12H25BrO3. The van der Waals surface area contributed by atoms with Crippen LogP contribution in [0, 0.1) is 5.92 Å². The monoisotopic (exact) mass is 296 g/mol. The highest BCUT2D eigenvalue weighted by atomic mass is 79.9. The van der Waals surface area contributed by atoms with Gasteiger partial charge in [0.25, 0.3) is 0 Å². The van der Waals surface area contributed by atoms with Crippen LogP contribution in [0.1, 0.15) is 26.7 Å². The minimum atomic E-state index is 0.569. The van der Waals surface area contributed by atoms with Gasteiger partial charge in [0, 0.05) is 18.5 Å². The van der Waals surface area contributed by atoms with Crippen LogP contribution in [0.5, 0.6) is 0 Å². The molecule has 0 spiro atoms. The van der Waals surface area contributed by atoms with E-state index in [1.807, 2.05) is 0 Å². The van der Waals surface area contributed by atoms with Crippen molar-refractivity contribution in [2.75, 3.05) is 40.1 Å². The van der Waals surface area contributed by atoms with Crippen molar-refractivity contribution in [2.24, 2.45) is 5.92 Å². The molecule has 0 N–H and O–H groups in total. The molecular weight excluding hydrogens is 272 g/mol. The molecule has 16 heavy (non-hydrogen) atoms. The molecule has 0 aromatic rings. The predicted octanol–water partition coefficient (Wildman–Crippen LogP) is 2.87. The molecule has 0 aliphatic rings. The highest BCUT2D eigenvalue weighted by molar-refractivity contribution is 9.09. The number of hydrogen-bond donors (Lipinski definition) is 0. The third-order valence-electron chi connectivity index (χ3n) is 2.61. The van der Waals surface area contributed by atoms with Gasteiger partial charge in [0.1, 0.15) is 0 Å². The zero-order chi connectivity index (χ0) is 12.2. The lowest BCUT2D eigenvalue weighted by atomic mass is 10.0. The summed E-state index contributed by atoms with van der Waals surface area (Å²) in [7, 11) is 1.67. The molecule has 0 saturated heterocycles. The Balaban J connectivity index is 3.19. The molecule has 3 nitrogen and oxygen atoms in total. The van der Waals surface area contributed by atoms with E-state index in [2.05, 4.69) is 29.8 Å². The molecule has 2 unspecified atom stereocenters. The molecule has 2 atom stereocenters. The number of hydrogen-bond acceptors (Lipinski definition) is 3. The van der Waals surface area contributed by atoms with E-state index in [0.29, 0.717) is 37.2 Å². The molecule has 0 aromatic carbocycles. The van der Waals surface area contributed by atoms with Gasteiger partial charge >= 0.3 is 0 Å². The van der Waals surface area contributed by atoms with E-state index in [4.69, 9.17) is 14.2 Å². The van der Waals surface area contributed by atoms with Crippen LogP contribution in [-0.4, -0.2) is 45.0 Å². The fourth-order valence-corrected chi connectivity index (χ4v) is 2.10. The van der Waals surface area contributed by atoms with Crippen LogP contribution < -0.4 is 0 Å². The van der Waals surface area contributed by atoms with Crippen LogP contribution in [0.15, 0.2) is 0 Å². The maximum absolute atomic E-state index is 5.51. The van der Waals surface area contributed by atoms with Crippen molar-refractivity contribution >= 4 is 15.9 Å². The minimum Gasteiger partial charge on any atom is -0.382 e. The lowest BCUT2D eigenvalue weighted by molar-refractivity contribution is 0.0218. The summed E-state index contributed by atoms with van der Waals surface area (Å²) in [6.07, 6.45) is 2.31. The van der Waals surface area contributed by atoms with Crippen LogP contribution in [-0.2, 0) is 14.2 Å². The van der Waals surface area contributed by atoms with Gasteiger partial charge in [-0.1, -0.05) is 36.2 Å². The lowest BCUT2D eigenvalue weighted by Gasteiger charge is -2.17. The number of ether oxygens (including phenoxy) is 3. The van der Waals surface area contributed by atoms with Crippen molar-refractivity contribution in [2.45, 2.75) is 31.5 Å². The fraction of sp³-hybridized carbons (Fsp3) is 1.00. The third kappa shape index (κ3) is 9.58. The molecule has 0 bridgehead atoms. The van der Waals surface area contributed by atoms with Crippen molar-refractivity contribution < 1.29 is 14.2 Å². The summed E-state index contributed by atoms with van der Waals surface area (Å²) >= 11 is 3.62. The van der Waals surface area contributed by atoms with Crippen molar-refractivity contribution in [1.29, 1.82) is 0 Å². The molecule has 0 heterocycles. The quantitative estimate of drug-likeness (QED) is 0.433. The molecule has 0 amide bonds. The second-order valence-corrected chi connectivity index (χ2v) is 5.30. The summed E-state index contributed by atoms with van der Waals surface area (Å²) in [6.45, 7) is 7.87. The average Bonchev–Trinajstić information content (AvgIpc) is 2.26. The van der Waals surface area contributed by atoms with E-state index in [1.54, 1.807) is 7.11 Å². The van der Waals surface area contributed by atoms with Crippen molar-refractivity contribution in [1.82, 2.24) is 0 Å². The number of halogens is 1. The summed E-state index contributed by atoms with van der Waals surface area (Å²) in [5, 5.41) is 0. The Hall–Kier alpha value is 0.360. The Bertz CT molecular complexity index is 142. The van der Waals surface area contributed by atoms with Gasteiger partial charge < -0.3 is 14.2 Å². The molecule has 0 radical (unpaired) electrons. The van der Waals surface area contributed by atoms with Gasteiger partial charge in [-0.05, 0) is 12.3 Å². The van der Waals surface area contributed by atoms with E-state index in [9.17, 15) is 0 Å². The summed E-state index contributed by atoms with van der Waals surface area (Å²) < 4.78 is 15.7. The summed E-state index contributed by atoms with van der Waals surface area (Å²) in [4.78, 5) is 0.569. The fourth-order valence-electron chi connectivity index (χ4n) is 1.46. The first-order valence-electron chi connectivity index (χ1n) is 6.00. The van der Waals surface area contributed by atoms with Crippen LogP contribution in [0.4, 0.5) is 0 Å². The first-order valence-corrected chi connectivity index (χ1v) is 6.92. The Kier molecular flexibility index (Phi) is 12.1. The van der Waals surface area contributed by atoms with E-state index in [0.717, 1.165) is 13.0 Å². The smallest absolute Gasteiger partial charge is 0.0701 e. The van der Waals surface area contributed by atoms with Crippen LogP contribution in [0.2, 0.25) is 0 Å². The van der Waals surface area contributed by atoms with Gasteiger partial charge in [0.15, 0.2) is 0 Å². The van der Waals surface area contributed by atoms with Crippen LogP contribution >= 0.6 is 15.9 Å². The summed E-state index contributed by atoms with van der Waals surface area (Å²) in [5.74, 6) is 0.703. The minimum absolute atomic E-state index is 0.569. The number of alkyl halides is 1. The molecule has 0 aliphatic heterocycles. The van der Waals surface area contributed by atoms with E-state index < -0.39 is 0 Å². The average molecular weight is 297 g/mol. The van der Waals surface area contributed by atoms with Gasteiger partial charge in [0.2, 0.25) is 0 Å². The lowest BCUT2D eigenvalue weighted by Crippen LogP contribution is -2.14. The second kappa shape index (κ2) is 11.8. The van der Waals surface area contributed by atoms with E-state index in [1.165, 1.54) is 6.42 Å². The Morgan fingerprint density at radius 3 is 2.06 bits per heavy atom. The normalized spacial score (nSPS) is 15.0. The molecule has 98 valence electrons. The van der Waals surface area contributed by atoms with Gasteiger partial charge in [-0.2, -0.15) is 0 Å².